The standard InChI is InChI=1S/C10H13FN2O3S/c1-2-17(15,16)13(7-10(12)14)9-5-3-4-8(11)6-9/h3-6H,2,7H2,1H3,(H2,12,14). The zero-order valence-corrected chi connectivity index (χ0v) is 10.1. The molecule has 0 saturated carbocycles. The topological polar surface area (TPSA) is 80.5 Å². The third-order valence-electron chi connectivity index (χ3n) is 2.10. The number of carbonyl (C=O) groups is 1. The number of nitrogens with two attached hydrogens (primary N) is 1. The van der Waals surface area contributed by atoms with E-state index in [4.69, 9.17) is 5.73 Å². The average molecular weight is 260 g/mol. The van der Waals surface area contributed by atoms with Crippen molar-refractivity contribution < 1.29 is 17.6 Å². The second-order valence-electron chi connectivity index (χ2n) is 3.35. The highest BCUT2D eigenvalue weighted by atomic mass is 32.2. The molecule has 1 amide bonds. The highest BCUT2D eigenvalue weighted by molar-refractivity contribution is 7.92. The SMILES string of the molecule is CCS(=O)(=O)N(CC(N)=O)c1cccc(F)c1. The molecule has 0 bridgehead atoms. The Labute approximate surface area is 99.1 Å². The van der Waals surface area contributed by atoms with Crippen LogP contribution in [0.3, 0.4) is 0 Å². The van der Waals surface area contributed by atoms with E-state index >= 15 is 0 Å². The molecule has 7 heteroatoms. The van der Waals surface area contributed by atoms with Gasteiger partial charge < -0.3 is 5.73 Å². The molecule has 0 aliphatic heterocycles. The van der Waals surface area contributed by atoms with Gasteiger partial charge >= 0.3 is 0 Å². The number of sulfonamides is 1. The zero-order chi connectivity index (χ0) is 13.1. The van der Waals surface area contributed by atoms with Crippen molar-refractivity contribution in [2.75, 3.05) is 16.6 Å². The van der Waals surface area contributed by atoms with Crippen molar-refractivity contribution in [1.29, 1.82) is 0 Å². The smallest absolute Gasteiger partial charge is 0.238 e. The lowest BCUT2D eigenvalue weighted by Gasteiger charge is -2.22. The van der Waals surface area contributed by atoms with Crippen LogP contribution in [-0.4, -0.2) is 26.6 Å². The Bertz CT molecular complexity index is 516. The van der Waals surface area contributed by atoms with Gasteiger partial charge in [0, 0.05) is 0 Å². The molecule has 0 saturated heterocycles. The molecule has 0 aromatic heterocycles. The van der Waals surface area contributed by atoms with E-state index < -0.39 is 28.3 Å². The van der Waals surface area contributed by atoms with Crippen LogP contribution >= 0.6 is 0 Å². The quantitative estimate of drug-likeness (QED) is 0.835. The summed E-state index contributed by atoms with van der Waals surface area (Å²) in [6, 6.07) is 4.99. The van der Waals surface area contributed by atoms with Crippen LogP contribution < -0.4 is 10.0 Å². The molecular weight excluding hydrogens is 247 g/mol. The highest BCUT2D eigenvalue weighted by Crippen LogP contribution is 2.18. The molecule has 0 unspecified atom stereocenters. The van der Waals surface area contributed by atoms with E-state index in [0.717, 1.165) is 10.4 Å². The maximum atomic E-state index is 13.0. The Balaban J connectivity index is 3.20. The summed E-state index contributed by atoms with van der Waals surface area (Å²) in [5.41, 5.74) is 5.07. The minimum atomic E-state index is -3.66. The number of rotatable bonds is 5. The lowest BCUT2D eigenvalue weighted by Crippen LogP contribution is -2.39. The van der Waals surface area contributed by atoms with Gasteiger partial charge in [-0.05, 0) is 25.1 Å². The Morgan fingerprint density at radius 3 is 2.59 bits per heavy atom. The van der Waals surface area contributed by atoms with Gasteiger partial charge in [-0.15, -0.1) is 0 Å². The number of primary amides is 1. The summed E-state index contributed by atoms with van der Waals surface area (Å²) in [6.45, 7) is 0.933. The van der Waals surface area contributed by atoms with E-state index in [0.29, 0.717) is 0 Å². The molecule has 94 valence electrons. The Kier molecular flexibility index (Phi) is 4.06. The molecule has 5 nitrogen and oxygen atoms in total. The van der Waals surface area contributed by atoms with Crippen LogP contribution in [-0.2, 0) is 14.8 Å². The van der Waals surface area contributed by atoms with Gasteiger partial charge in [-0.3, -0.25) is 9.10 Å². The molecule has 1 aromatic carbocycles. The summed E-state index contributed by atoms with van der Waals surface area (Å²) in [5, 5.41) is 0. The first kappa shape index (κ1) is 13.4. The van der Waals surface area contributed by atoms with Crippen LogP contribution in [0.5, 0.6) is 0 Å². The molecule has 17 heavy (non-hydrogen) atoms. The number of hydrogen-bond donors (Lipinski definition) is 1. The van der Waals surface area contributed by atoms with Crippen LogP contribution in [0.4, 0.5) is 10.1 Å². The lowest BCUT2D eigenvalue weighted by atomic mass is 10.3. The molecular formula is C10H13FN2O3S. The van der Waals surface area contributed by atoms with Crippen molar-refractivity contribution in [2.45, 2.75) is 6.92 Å². The summed E-state index contributed by atoms with van der Waals surface area (Å²) in [7, 11) is -3.66. The normalized spacial score (nSPS) is 11.2. The van der Waals surface area contributed by atoms with Crippen LogP contribution in [0, 0.1) is 5.82 Å². The van der Waals surface area contributed by atoms with E-state index in [1.165, 1.54) is 25.1 Å². The van der Waals surface area contributed by atoms with Gasteiger partial charge in [0.15, 0.2) is 0 Å². The van der Waals surface area contributed by atoms with Gasteiger partial charge in [0.05, 0.1) is 11.4 Å². The van der Waals surface area contributed by atoms with Gasteiger partial charge in [-0.1, -0.05) is 6.07 Å². The van der Waals surface area contributed by atoms with Crippen molar-refractivity contribution in [2.24, 2.45) is 5.73 Å². The third kappa shape index (κ3) is 3.42. The number of anilines is 1. The average Bonchev–Trinajstić information content (AvgIpc) is 2.25. The van der Waals surface area contributed by atoms with Crippen molar-refractivity contribution in [3.05, 3.63) is 30.1 Å². The predicted octanol–water partition coefficient (Wildman–Crippen LogP) is 0.467. The maximum absolute atomic E-state index is 13.0. The van der Waals surface area contributed by atoms with Crippen molar-refractivity contribution in [3.8, 4) is 0 Å². The van der Waals surface area contributed by atoms with Crippen molar-refractivity contribution in [3.63, 3.8) is 0 Å². The number of nitrogens with zero attached hydrogens (tertiary/aromatic N) is 1. The number of carbonyl (C=O) groups excluding carboxylic acids is 1. The zero-order valence-electron chi connectivity index (χ0n) is 9.26. The number of benzene rings is 1. The fraction of sp³-hybridized carbons (Fsp3) is 0.300. The van der Waals surface area contributed by atoms with E-state index in [1.807, 2.05) is 0 Å². The van der Waals surface area contributed by atoms with Gasteiger partial charge in [0.25, 0.3) is 0 Å². The molecule has 1 aromatic rings. The van der Waals surface area contributed by atoms with Gasteiger partial charge in [0.2, 0.25) is 15.9 Å². The lowest BCUT2D eigenvalue weighted by molar-refractivity contribution is -0.116. The van der Waals surface area contributed by atoms with E-state index in [2.05, 4.69) is 0 Å². The summed E-state index contributed by atoms with van der Waals surface area (Å²) >= 11 is 0. The largest absolute Gasteiger partial charge is 0.368 e. The molecule has 0 fully saturated rings. The molecule has 2 N–H and O–H groups in total. The Morgan fingerprint density at radius 1 is 1.47 bits per heavy atom. The second kappa shape index (κ2) is 5.13. The monoisotopic (exact) mass is 260 g/mol. The molecule has 0 heterocycles. The molecule has 1 rings (SSSR count). The van der Waals surface area contributed by atoms with E-state index in [9.17, 15) is 17.6 Å². The Morgan fingerprint density at radius 2 is 2.12 bits per heavy atom. The number of halogens is 1. The minimum Gasteiger partial charge on any atom is -0.368 e. The number of hydrogen-bond acceptors (Lipinski definition) is 3. The van der Waals surface area contributed by atoms with E-state index in [-0.39, 0.29) is 11.4 Å². The van der Waals surface area contributed by atoms with Crippen LogP contribution in [0.1, 0.15) is 6.92 Å². The first-order valence-corrected chi connectivity index (χ1v) is 6.52. The summed E-state index contributed by atoms with van der Waals surface area (Å²) in [4.78, 5) is 10.9. The minimum absolute atomic E-state index is 0.0886. The molecule has 0 aliphatic rings. The fourth-order valence-electron chi connectivity index (χ4n) is 1.28. The van der Waals surface area contributed by atoms with Crippen molar-refractivity contribution in [1.82, 2.24) is 0 Å². The van der Waals surface area contributed by atoms with Crippen molar-refractivity contribution >= 4 is 21.6 Å². The third-order valence-corrected chi connectivity index (χ3v) is 3.84. The van der Waals surface area contributed by atoms with Gasteiger partial charge in [-0.2, -0.15) is 0 Å². The van der Waals surface area contributed by atoms with Crippen LogP contribution in [0.2, 0.25) is 0 Å². The second-order valence-corrected chi connectivity index (χ2v) is 5.54. The summed E-state index contributed by atoms with van der Waals surface area (Å²) in [5.74, 6) is -1.58. The highest BCUT2D eigenvalue weighted by Gasteiger charge is 2.22. The predicted molar refractivity (Wildman–Crippen MR) is 62.4 cm³/mol. The molecule has 0 spiro atoms. The first-order chi connectivity index (χ1) is 7.86. The van der Waals surface area contributed by atoms with Gasteiger partial charge in [-0.25, -0.2) is 12.8 Å². The number of amides is 1. The van der Waals surface area contributed by atoms with Crippen LogP contribution in [0.15, 0.2) is 24.3 Å². The maximum Gasteiger partial charge on any atom is 0.238 e. The molecule has 0 atom stereocenters. The summed E-state index contributed by atoms with van der Waals surface area (Å²) in [6.07, 6.45) is 0. The first-order valence-electron chi connectivity index (χ1n) is 4.91. The Hall–Kier alpha value is -1.63. The molecule has 0 radical (unpaired) electrons. The van der Waals surface area contributed by atoms with Gasteiger partial charge in [0.1, 0.15) is 12.4 Å². The van der Waals surface area contributed by atoms with E-state index in [1.54, 1.807) is 0 Å². The molecule has 0 aliphatic carbocycles. The van der Waals surface area contributed by atoms with Crippen LogP contribution in [0.25, 0.3) is 0 Å². The fourth-order valence-corrected chi connectivity index (χ4v) is 2.35. The summed E-state index contributed by atoms with van der Waals surface area (Å²) < 4.78 is 37.3.